The van der Waals surface area contributed by atoms with Crippen molar-refractivity contribution in [3.63, 3.8) is 0 Å². The van der Waals surface area contributed by atoms with E-state index < -0.39 is 11.2 Å². The van der Waals surface area contributed by atoms with Gasteiger partial charge >= 0.3 is 5.69 Å². The number of benzene rings is 1. The molecule has 1 aromatic heterocycles. The molecule has 0 bridgehead atoms. The second-order valence-electron chi connectivity index (χ2n) is 5.76. The van der Waals surface area contributed by atoms with Crippen molar-refractivity contribution in [3.05, 3.63) is 62.4 Å². The number of H-pyrrole nitrogens is 2. The number of rotatable bonds is 4. The van der Waals surface area contributed by atoms with Crippen LogP contribution in [0.4, 0.5) is 0 Å². The van der Waals surface area contributed by atoms with Crippen LogP contribution in [0, 0.1) is 0 Å². The third-order valence-electron chi connectivity index (χ3n) is 4.31. The molecule has 0 aliphatic carbocycles. The second kappa shape index (κ2) is 6.74. The van der Waals surface area contributed by atoms with E-state index in [0.29, 0.717) is 6.54 Å². The van der Waals surface area contributed by atoms with Crippen LogP contribution in [0.5, 0.6) is 5.75 Å². The summed E-state index contributed by atoms with van der Waals surface area (Å²) in [6.07, 6.45) is 3.01. The molecule has 3 rings (SSSR count). The van der Waals surface area contributed by atoms with Crippen molar-refractivity contribution in [2.45, 2.75) is 25.3 Å². The number of likely N-dealkylation sites (tertiary alicyclic amines) is 1. The molecule has 1 aromatic carbocycles. The maximum absolute atomic E-state index is 12.7. The molecule has 0 unspecified atom stereocenters. The molecule has 7 heteroatoms. The van der Waals surface area contributed by atoms with Gasteiger partial charge in [0, 0.05) is 23.9 Å². The van der Waals surface area contributed by atoms with Crippen molar-refractivity contribution in [1.82, 2.24) is 14.9 Å². The molecule has 1 fully saturated rings. The molecule has 0 saturated carbocycles. The molecule has 1 aliphatic heterocycles. The first kappa shape index (κ1) is 16.0. The molecule has 1 atom stereocenters. The van der Waals surface area contributed by atoms with Crippen molar-refractivity contribution >= 4 is 5.91 Å². The lowest BCUT2D eigenvalue weighted by Gasteiger charge is -2.26. The molecule has 2 aromatic rings. The Morgan fingerprint density at radius 2 is 2.12 bits per heavy atom. The zero-order valence-corrected chi connectivity index (χ0v) is 13.4. The van der Waals surface area contributed by atoms with E-state index in [-0.39, 0.29) is 23.9 Å². The summed E-state index contributed by atoms with van der Waals surface area (Å²) in [7, 11) is 1.61. The smallest absolute Gasteiger partial charge is 0.325 e. The summed E-state index contributed by atoms with van der Waals surface area (Å²) in [5.74, 6) is 0.616. The van der Waals surface area contributed by atoms with E-state index in [4.69, 9.17) is 4.74 Å². The Morgan fingerprint density at radius 3 is 2.88 bits per heavy atom. The summed E-state index contributed by atoms with van der Waals surface area (Å²) in [4.78, 5) is 41.8. The standard InChI is InChI=1S/C17H19N3O4/c1-24-14-7-3-2-5-12(14)13-6-4-8-20(13)15(21)9-11-10-18-17(23)19-16(11)22/h2-3,5,7,10,13H,4,6,8-9H2,1H3,(H2,18,19,22,23)/t13-/m1/s1. The molecule has 1 amide bonds. The van der Waals surface area contributed by atoms with Crippen LogP contribution < -0.4 is 16.0 Å². The Bertz CT molecular complexity index is 855. The number of ether oxygens (including phenoxy) is 1. The first-order valence-corrected chi connectivity index (χ1v) is 7.83. The van der Waals surface area contributed by atoms with Gasteiger partial charge in [-0.05, 0) is 18.9 Å². The van der Waals surface area contributed by atoms with Crippen LogP contribution in [0.15, 0.2) is 40.1 Å². The van der Waals surface area contributed by atoms with Crippen molar-refractivity contribution in [3.8, 4) is 5.75 Å². The highest BCUT2D eigenvalue weighted by molar-refractivity contribution is 5.79. The van der Waals surface area contributed by atoms with Gasteiger partial charge in [0.15, 0.2) is 0 Å². The zero-order valence-electron chi connectivity index (χ0n) is 13.4. The summed E-state index contributed by atoms with van der Waals surface area (Å²) in [6, 6.07) is 7.59. The van der Waals surface area contributed by atoms with Gasteiger partial charge in [-0.3, -0.25) is 14.6 Å². The van der Waals surface area contributed by atoms with Gasteiger partial charge in [-0.2, -0.15) is 0 Å². The van der Waals surface area contributed by atoms with Crippen LogP contribution in [0.25, 0.3) is 0 Å². The molecule has 24 heavy (non-hydrogen) atoms. The molecular formula is C17H19N3O4. The minimum absolute atomic E-state index is 0.0439. The Labute approximate surface area is 138 Å². The molecule has 2 N–H and O–H groups in total. The number of carbonyl (C=O) groups is 1. The quantitative estimate of drug-likeness (QED) is 0.874. The number of amides is 1. The number of nitrogens with one attached hydrogen (secondary N) is 2. The van der Waals surface area contributed by atoms with E-state index in [1.54, 1.807) is 12.0 Å². The van der Waals surface area contributed by atoms with E-state index in [9.17, 15) is 14.4 Å². The van der Waals surface area contributed by atoms with Crippen LogP contribution in [0.1, 0.15) is 30.0 Å². The highest BCUT2D eigenvalue weighted by atomic mass is 16.5. The van der Waals surface area contributed by atoms with Crippen molar-refractivity contribution in [2.24, 2.45) is 0 Å². The number of nitrogens with zero attached hydrogens (tertiary/aromatic N) is 1. The van der Waals surface area contributed by atoms with Gasteiger partial charge in [-0.1, -0.05) is 18.2 Å². The van der Waals surface area contributed by atoms with E-state index in [1.807, 2.05) is 24.3 Å². The van der Waals surface area contributed by atoms with E-state index >= 15 is 0 Å². The summed E-state index contributed by atoms with van der Waals surface area (Å²) >= 11 is 0. The Balaban J connectivity index is 1.83. The monoisotopic (exact) mass is 329 g/mol. The Morgan fingerprint density at radius 1 is 1.33 bits per heavy atom. The SMILES string of the molecule is COc1ccccc1[C@H]1CCCN1C(=O)Cc1c[nH]c(=O)[nH]c1=O. The van der Waals surface area contributed by atoms with Gasteiger partial charge < -0.3 is 14.6 Å². The third-order valence-corrected chi connectivity index (χ3v) is 4.31. The zero-order chi connectivity index (χ0) is 17.1. The fourth-order valence-electron chi connectivity index (χ4n) is 3.16. The third kappa shape index (κ3) is 3.10. The van der Waals surface area contributed by atoms with Crippen LogP contribution in [-0.2, 0) is 11.2 Å². The van der Waals surface area contributed by atoms with Crippen LogP contribution in [0.3, 0.4) is 0 Å². The highest BCUT2D eigenvalue weighted by Crippen LogP contribution is 2.37. The van der Waals surface area contributed by atoms with Crippen LogP contribution in [-0.4, -0.2) is 34.4 Å². The summed E-state index contributed by atoms with van der Waals surface area (Å²) in [5, 5.41) is 0. The van der Waals surface area contributed by atoms with E-state index in [1.165, 1.54) is 6.20 Å². The predicted molar refractivity (Wildman–Crippen MR) is 88.1 cm³/mol. The molecule has 1 aliphatic rings. The second-order valence-corrected chi connectivity index (χ2v) is 5.76. The molecule has 0 spiro atoms. The average molecular weight is 329 g/mol. The topological polar surface area (TPSA) is 95.3 Å². The number of hydrogen-bond donors (Lipinski definition) is 2. The maximum Gasteiger partial charge on any atom is 0.325 e. The minimum atomic E-state index is -0.579. The molecule has 126 valence electrons. The highest BCUT2D eigenvalue weighted by Gasteiger charge is 2.31. The normalized spacial score (nSPS) is 17.0. The number of carbonyl (C=O) groups excluding carboxylic acids is 1. The predicted octanol–water partition coefficient (Wildman–Crippen LogP) is 0.978. The number of methoxy groups -OCH3 is 1. The molecule has 2 heterocycles. The minimum Gasteiger partial charge on any atom is -0.496 e. The fourth-order valence-corrected chi connectivity index (χ4v) is 3.16. The number of aromatic nitrogens is 2. The van der Waals surface area contributed by atoms with Crippen molar-refractivity contribution in [2.75, 3.05) is 13.7 Å². The fraction of sp³-hybridized carbons (Fsp3) is 0.353. The molecule has 1 saturated heterocycles. The molecular weight excluding hydrogens is 310 g/mol. The number of para-hydroxylation sites is 1. The van der Waals surface area contributed by atoms with Gasteiger partial charge in [0.05, 0.1) is 19.6 Å². The van der Waals surface area contributed by atoms with E-state index in [0.717, 1.165) is 24.2 Å². The molecule has 0 radical (unpaired) electrons. The van der Waals surface area contributed by atoms with Gasteiger partial charge in [-0.25, -0.2) is 4.79 Å². The lowest BCUT2D eigenvalue weighted by atomic mass is 10.0. The Hall–Kier alpha value is -2.83. The summed E-state index contributed by atoms with van der Waals surface area (Å²) in [6.45, 7) is 0.642. The largest absolute Gasteiger partial charge is 0.496 e. The lowest BCUT2D eigenvalue weighted by Crippen LogP contribution is -2.34. The summed E-state index contributed by atoms with van der Waals surface area (Å²) in [5.41, 5.74) is 0.121. The van der Waals surface area contributed by atoms with Gasteiger partial charge in [0.1, 0.15) is 5.75 Å². The molecule has 7 nitrogen and oxygen atoms in total. The summed E-state index contributed by atoms with van der Waals surface area (Å²) < 4.78 is 5.40. The van der Waals surface area contributed by atoms with Crippen LogP contribution >= 0.6 is 0 Å². The maximum atomic E-state index is 12.7. The first-order valence-electron chi connectivity index (χ1n) is 7.83. The Kier molecular flexibility index (Phi) is 4.50. The average Bonchev–Trinajstić information content (AvgIpc) is 3.07. The van der Waals surface area contributed by atoms with Gasteiger partial charge in [-0.15, -0.1) is 0 Å². The first-order chi connectivity index (χ1) is 11.6. The number of aromatic amines is 2. The van der Waals surface area contributed by atoms with Gasteiger partial charge in [0.2, 0.25) is 5.91 Å². The lowest BCUT2D eigenvalue weighted by molar-refractivity contribution is -0.131. The van der Waals surface area contributed by atoms with Crippen molar-refractivity contribution in [1.29, 1.82) is 0 Å². The van der Waals surface area contributed by atoms with Crippen molar-refractivity contribution < 1.29 is 9.53 Å². The number of hydrogen-bond acceptors (Lipinski definition) is 4. The van der Waals surface area contributed by atoms with Crippen LogP contribution in [0.2, 0.25) is 0 Å². The van der Waals surface area contributed by atoms with E-state index in [2.05, 4.69) is 9.97 Å². The van der Waals surface area contributed by atoms with Gasteiger partial charge in [0.25, 0.3) is 5.56 Å².